The third-order valence-electron chi connectivity index (χ3n) is 3.05. The lowest BCUT2D eigenvalue weighted by Gasteiger charge is -2.13. The summed E-state index contributed by atoms with van der Waals surface area (Å²) in [6.45, 7) is 9.39. The largest absolute Gasteiger partial charge is 0.436 e. The Bertz CT molecular complexity index is 624. The van der Waals surface area contributed by atoms with E-state index in [1.165, 1.54) is 0 Å². The van der Waals surface area contributed by atoms with E-state index in [0.29, 0.717) is 22.7 Å². The van der Waals surface area contributed by atoms with Crippen LogP contribution in [0.1, 0.15) is 56.8 Å². The first kappa shape index (κ1) is 13.5. The standard InChI is InChI=1S/C15H17NO3/c1-6-8-9(7-2)11(17)12(18)13-10(8)16-14(19-13)15(3,4)5/h6-7H,1-5H3/b8-6+,9-7+. The average molecular weight is 259 g/mol. The van der Waals surface area contributed by atoms with Gasteiger partial charge in [-0.1, -0.05) is 32.9 Å². The highest BCUT2D eigenvalue weighted by atomic mass is 16.4. The Morgan fingerprint density at radius 1 is 1.00 bits per heavy atom. The highest BCUT2D eigenvalue weighted by Gasteiger charge is 2.38. The van der Waals surface area contributed by atoms with Gasteiger partial charge in [-0.3, -0.25) is 9.59 Å². The third kappa shape index (κ3) is 1.97. The van der Waals surface area contributed by atoms with Gasteiger partial charge < -0.3 is 4.42 Å². The van der Waals surface area contributed by atoms with Crippen molar-refractivity contribution < 1.29 is 14.0 Å². The number of rotatable bonds is 0. The van der Waals surface area contributed by atoms with Crippen LogP contribution in [0.2, 0.25) is 0 Å². The van der Waals surface area contributed by atoms with Crippen molar-refractivity contribution in [3.8, 4) is 0 Å². The van der Waals surface area contributed by atoms with Crippen LogP contribution >= 0.6 is 0 Å². The van der Waals surface area contributed by atoms with E-state index in [9.17, 15) is 9.59 Å². The molecule has 0 atom stereocenters. The number of nitrogens with zero attached hydrogens (tertiary/aromatic N) is 1. The summed E-state index contributed by atoms with van der Waals surface area (Å²) in [5.41, 5.74) is 1.23. The second-order valence-corrected chi connectivity index (χ2v) is 5.51. The van der Waals surface area contributed by atoms with Crippen LogP contribution in [0.4, 0.5) is 0 Å². The number of ketones is 2. The van der Waals surface area contributed by atoms with E-state index in [1.807, 2.05) is 27.7 Å². The Balaban J connectivity index is 2.73. The molecule has 1 heterocycles. The zero-order valence-corrected chi connectivity index (χ0v) is 11.8. The molecular weight excluding hydrogens is 242 g/mol. The highest BCUT2D eigenvalue weighted by Crippen LogP contribution is 2.35. The minimum absolute atomic E-state index is 0.0635. The summed E-state index contributed by atoms with van der Waals surface area (Å²) in [7, 11) is 0. The summed E-state index contributed by atoms with van der Waals surface area (Å²) in [5, 5.41) is 0. The SMILES string of the molecule is C/C=C1/C(=O)C(=O)c2oc(C(C)(C)C)nc2/C1=C/C. The van der Waals surface area contributed by atoms with Crippen LogP contribution in [-0.4, -0.2) is 16.6 Å². The Kier molecular flexibility index (Phi) is 3.04. The van der Waals surface area contributed by atoms with Crippen molar-refractivity contribution in [3.63, 3.8) is 0 Å². The van der Waals surface area contributed by atoms with E-state index >= 15 is 0 Å². The Morgan fingerprint density at radius 2 is 1.58 bits per heavy atom. The molecule has 19 heavy (non-hydrogen) atoms. The normalized spacial score (nSPS) is 20.3. The van der Waals surface area contributed by atoms with Gasteiger partial charge in [0.15, 0.2) is 0 Å². The molecule has 0 aliphatic heterocycles. The maximum Gasteiger partial charge on any atom is 0.270 e. The van der Waals surface area contributed by atoms with Crippen molar-refractivity contribution in [2.24, 2.45) is 0 Å². The van der Waals surface area contributed by atoms with Crippen LogP contribution in [0.25, 0.3) is 5.57 Å². The van der Waals surface area contributed by atoms with E-state index in [-0.39, 0.29) is 11.2 Å². The van der Waals surface area contributed by atoms with Crippen molar-refractivity contribution >= 4 is 17.1 Å². The van der Waals surface area contributed by atoms with E-state index in [1.54, 1.807) is 19.1 Å². The summed E-state index contributed by atoms with van der Waals surface area (Å²) in [6.07, 6.45) is 3.43. The summed E-state index contributed by atoms with van der Waals surface area (Å²) in [5.74, 6) is -0.611. The molecule has 0 amide bonds. The number of fused-ring (bicyclic) bond motifs is 1. The number of allylic oxidation sites excluding steroid dienone is 4. The fourth-order valence-corrected chi connectivity index (χ4v) is 2.03. The molecule has 4 heteroatoms. The topological polar surface area (TPSA) is 60.2 Å². The molecular formula is C15H17NO3. The maximum atomic E-state index is 12.0. The van der Waals surface area contributed by atoms with Crippen molar-refractivity contribution in [2.75, 3.05) is 0 Å². The quantitative estimate of drug-likeness (QED) is 0.530. The van der Waals surface area contributed by atoms with Crippen LogP contribution in [0, 0.1) is 0 Å². The molecule has 0 aromatic carbocycles. The van der Waals surface area contributed by atoms with Crippen molar-refractivity contribution in [1.82, 2.24) is 4.98 Å². The van der Waals surface area contributed by atoms with Crippen molar-refractivity contribution in [3.05, 3.63) is 35.1 Å². The lowest BCUT2D eigenvalue weighted by molar-refractivity contribution is -0.111. The molecule has 0 saturated carbocycles. The number of hydrogen-bond donors (Lipinski definition) is 0. The predicted octanol–water partition coefficient (Wildman–Crippen LogP) is 3.09. The molecule has 0 radical (unpaired) electrons. The van der Waals surface area contributed by atoms with Gasteiger partial charge in [-0.15, -0.1) is 0 Å². The molecule has 0 saturated heterocycles. The number of Topliss-reactive ketones (excluding diaryl/α,β-unsaturated/α-hetero) is 2. The first-order chi connectivity index (χ1) is 8.81. The third-order valence-corrected chi connectivity index (χ3v) is 3.05. The Hall–Kier alpha value is -1.97. The molecule has 0 fully saturated rings. The molecule has 0 N–H and O–H groups in total. The van der Waals surface area contributed by atoms with Crippen LogP contribution < -0.4 is 0 Å². The van der Waals surface area contributed by atoms with E-state index < -0.39 is 11.6 Å². The molecule has 1 aliphatic rings. The molecule has 0 unspecified atom stereocenters. The van der Waals surface area contributed by atoms with E-state index in [2.05, 4.69) is 4.98 Å². The molecule has 100 valence electrons. The predicted molar refractivity (Wildman–Crippen MR) is 71.9 cm³/mol. The second-order valence-electron chi connectivity index (χ2n) is 5.51. The minimum Gasteiger partial charge on any atom is -0.436 e. The summed E-state index contributed by atoms with van der Waals surface area (Å²) in [4.78, 5) is 28.4. The van der Waals surface area contributed by atoms with Gasteiger partial charge in [0.25, 0.3) is 5.78 Å². The molecule has 4 nitrogen and oxygen atoms in total. The van der Waals surface area contributed by atoms with Crippen molar-refractivity contribution in [1.29, 1.82) is 0 Å². The Labute approximate surface area is 112 Å². The van der Waals surface area contributed by atoms with E-state index in [4.69, 9.17) is 4.42 Å². The minimum atomic E-state index is -0.614. The fourth-order valence-electron chi connectivity index (χ4n) is 2.03. The molecule has 0 spiro atoms. The average Bonchev–Trinajstić information content (AvgIpc) is 2.78. The maximum absolute atomic E-state index is 12.0. The van der Waals surface area contributed by atoms with Gasteiger partial charge in [0, 0.05) is 16.6 Å². The molecule has 0 bridgehead atoms. The number of carbonyl (C=O) groups excluding carboxylic acids is 2. The van der Waals surface area contributed by atoms with E-state index in [0.717, 1.165) is 0 Å². The first-order valence-electron chi connectivity index (χ1n) is 6.25. The monoisotopic (exact) mass is 259 g/mol. The van der Waals surface area contributed by atoms with Gasteiger partial charge in [-0.2, -0.15) is 0 Å². The summed E-state index contributed by atoms with van der Waals surface area (Å²) in [6, 6.07) is 0. The van der Waals surface area contributed by atoms with Crippen molar-refractivity contribution in [2.45, 2.75) is 40.0 Å². The van der Waals surface area contributed by atoms with Gasteiger partial charge in [0.1, 0.15) is 5.69 Å². The Morgan fingerprint density at radius 3 is 2.05 bits per heavy atom. The molecule has 1 aromatic heterocycles. The molecule has 1 aromatic rings. The zero-order valence-electron chi connectivity index (χ0n) is 11.8. The van der Waals surface area contributed by atoms with Crippen LogP contribution in [0.5, 0.6) is 0 Å². The zero-order chi connectivity index (χ0) is 14.4. The van der Waals surface area contributed by atoms with Crippen LogP contribution in [0.3, 0.4) is 0 Å². The lowest BCUT2D eigenvalue weighted by Crippen LogP contribution is -2.23. The lowest BCUT2D eigenvalue weighted by atomic mass is 9.88. The molecule has 2 rings (SSSR count). The second kappa shape index (κ2) is 4.30. The van der Waals surface area contributed by atoms with Gasteiger partial charge >= 0.3 is 0 Å². The fraction of sp³-hybridized carbons (Fsp3) is 0.400. The molecule has 1 aliphatic carbocycles. The highest BCUT2D eigenvalue weighted by molar-refractivity contribution is 6.53. The van der Waals surface area contributed by atoms with Gasteiger partial charge in [0.2, 0.25) is 17.4 Å². The number of oxazole rings is 1. The number of hydrogen-bond acceptors (Lipinski definition) is 4. The first-order valence-corrected chi connectivity index (χ1v) is 6.25. The summed E-state index contributed by atoms with van der Waals surface area (Å²) >= 11 is 0. The van der Waals surface area contributed by atoms with Gasteiger partial charge in [0.05, 0.1) is 0 Å². The van der Waals surface area contributed by atoms with Gasteiger partial charge in [-0.25, -0.2) is 4.98 Å². The van der Waals surface area contributed by atoms with Gasteiger partial charge in [-0.05, 0) is 13.8 Å². The van der Waals surface area contributed by atoms with Crippen LogP contribution in [-0.2, 0) is 10.2 Å². The van der Waals surface area contributed by atoms with Crippen LogP contribution in [0.15, 0.2) is 22.1 Å². The summed E-state index contributed by atoms with van der Waals surface area (Å²) < 4.78 is 5.53. The smallest absolute Gasteiger partial charge is 0.270 e. The number of aromatic nitrogens is 1. The number of carbonyl (C=O) groups is 2.